The van der Waals surface area contributed by atoms with Gasteiger partial charge in [0.15, 0.2) is 0 Å². The number of aryl methyl sites for hydroxylation is 1. The first kappa shape index (κ1) is 18.6. The number of carbonyl (C=O) groups is 2. The number of aromatic amines is 1. The molecule has 1 saturated heterocycles. The number of H-pyrrole nitrogens is 1. The van der Waals surface area contributed by atoms with E-state index >= 15 is 0 Å². The summed E-state index contributed by atoms with van der Waals surface area (Å²) in [5.41, 5.74) is 2.56. The first-order valence-electron chi connectivity index (χ1n) is 8.92. The fourth-order valence-electron chi connectivity index (χ4n) is 3.37. The van der Waals surface area contributed by atoms with Crippen molar-refractivity contribution in [3.8, 4) is 0 Å². The molecule has 1 aliphatic heterocycles. The van der Waals surface area contributed by atoms with Crippen molar-refractivity contribution in [3.63, 3.8) is 0 Å². The average molecular weight is 375 g/mol. The summed E-state index contributed by atoms with van der Waals surface area (Å²) in [5.74, 6) is -0.205. The number of hydrogen-bond donors (Lipinski definition) is 3. The van der Waals surface area contributed by atoms with E-state index in [0.717, 1.165) is 18.5 Å². The van der Waals surface area contributed by atoms with E-state index in [-0.39, 0.29) is 23.9 Å². The number of amides is 2. The third kappa shape index (κ3) is 4.31. The highest BCUT2D eigenvalue weighted by atomic mass is 32.1. The van der Waals surface area contributed by atoms with E-state index in [0.29, 0.717) is 25.2 Å². The van der Waals surface area contributed by atoms with E-state index in [1.807, 2.05) is 5.38 Å². The van der Waals surface area contributed by atoms with Crippen molar-refractivity contribution in [3.05, 3.63) is 39.8 Å². The van der Waals surface area contributed by atoms with E-state index in [1.165, 1.54) is 5.56 Å². The largest absolute Gasteiger partial charge is 0.358 e. The molecule has 2 amide bonds. The van der Waals surface area contributed by atoms with Crippen LogP contribution in [0.1, 0.15) is 41.5 Å². The molecule has 2 aromatic rings. The van der Waals surface area contributed by atoms with Crippen molar-refractivity contribution in [2.75, 3.05) is 13.6 Å². The number of rotatable bonds is 7. The second-order valence-electron chi connectivity index (χ2n) is 6.63. The van der Waals surface area contributed by atoms with E-state index < -0.39 is 0 Å². The quantitative estimate of drug-likeness (QED) is 0.685. The summed E-state index contributed by atoms with van der Waals surface area (Å²) in [6.45, 7) is 3.43. The molecule has 3 rings (SSSR count). The van der Waals surface area contributed by atoms with Gasteiger partial charge in [0.2, 0.25) is 5.91 Å². The Hall–Kier alpha value is -2.19. The van der Waals surface area contributed by atoms with Gasteiger partial charge in [0.25, 0.3) is 5.91 Å². The maximum absolute atomic E-state index is 12.5. The van der Waals surface area contributed by atoms with Crippen molar-refractivity contribution >= 4 is 23.2 Å². The topological polar surface area (TPSA) is 90.1 Å². The molecular weight excluding hydrogens is 350 g/mol. The molecule has 0 unspecified atom stereocenters. The van der Waals surface area contributed by atoms with Crippen LogP contribution in [0.5, 0.6) is 0 Å². The van der Waals surface area contributed by atoms with Gasteiger partial charge in [-0.3, -0.25) is 19.6 Å². The van der Waals surface area contributed by atoms with Gasteiger partial charge in [-0.15, -0.1) is 0 Å². The van der Waals surface area contributed by atoms with Crippen LogP contribution in [-0.2, 0) is 17.8 Å². The lowest BCUT2D eigenvalue weighted by Crippen LogP contribution is -2.41. The second kappa shape index (κ2) is 8.46. The summed E-state index contributed by atoms with van der Waals surface area (Å²) in [7, 11) is 1.65. The SMILES string of the molecule is CCCc1cc(C(=O)N[C@@H]2C[C@@H](C(=O)NC)N(Cc3ccsc3)C2)n[nH]1. The molecule has 0 aliphatic carbocycles. The van der Waals surface area contributed by atoms with Crippen LogP contribution in [0.4, 0.5) is 0 Å². The van der Waals surface area contributed by atoms with Gasteiger partial charge in [0.1, 0.15) is 5.69 Å². The van der Waals surface area contributed by atoms with Crippen LogP contribution in [0.15, 0.2) is 22.9 Å². The summed E-state index contributed by atoms with van der Waals surface area (Å²) in [4.78, 5) is 26.9. The summed E-state index contributed by atoms with van der Waals surface area (Å²) in [5, 5.41) is 16.9. The average Bonchev–Trinajstić information content (AvgIpc) is 3.36. The van der Waals surface area contributed by atoms with Gasteiger partial charge in [-0.1, -0.05) is 13.3 Å². The highest BCUT2D eigenvalue weighted by Crippen LogP contribution is 2.22. The minimum absolute atomic E-state index is 0.0121. The van der Waals surface area contributed by atoms with E-state index in [1.54, 1.807) is 24.5 Å². The Morgan fingerprint density at radius 2 is 2.31 bits per heavy atom. The molecule has 26 heavy (non-hydrogen) atoms. The smallest absolute Gasteiger partial charge is 0.272 e. The Labute approximate surface area is 157 Å². The van der Waals surface area contributed by atoms with Crippen LogP contribution >= 0.6 is 11.3 Å². The van der Waals surface area contributed by atoms with Crippen molar-refractivity contribution in [2.45, 2.75) is 44.8 Å². The predicted molar refractivity (Wildman–Crippen MR) is 101 cm³/mol. The molecule has 140 valence electrons. The highest BCUT2D eigenvalue weighted by Gasteiger charge is 2.37. The van der Waals surface area contributed by atoms with Gasteiger partial charge in [0.05, 0.1) is 6.04 Å². The standard InChI is InChI=1S/C18H25N5O2S/c1-3-4-13-7-15(22-21-13)17(24)20-14-8-16(18(25)19-2)23(10-14)9-12-5-6-26-11-12/h5-7,11,14,16H,3-4,8-10H2,1-2H3,(H,19,25)(H,20,24)(H,21,22)/t14-,16+/m1/s1. The number of carbonyl (C=O) groups excluding carboxylic acids is 2. The number of aromatic nitrogens is 2. The Kier molecular flexibility index (Phi) is 6.05. The Morgan fingerprint density at radius 3 is 3.00 bits per heavy atom. The van der Waals surface area contributed by atoms with E-state index in [9.17, 15) is 9.59 Å². The lowest BCUT2D eigenvalue weighted by Gasteiger charge is -2.22. The van der Waals surface area contributed by atoms with Crippen molar-refractivity contribution in [1.29, 1.82) is 0 Å². The number of nitrogens with one attached hydrogen (secondary N) is 3. The Balaban J connectivity index is 1.64. The van der Waals surface area contributed by atoms with Gasteiger partial charge < -0.3 is 10.6 Å². The van der Waals surface area contributed by atoms with Crippen LogP contribution in [0.25, 0.3) is 0 Å². The Morgan fingerprint density at radius 1 is 1.46 bits per heavy atom. The van der Waals surface area contributed by atoms with Crippen LogP contribution in [0.3, 0.4) is 0 Å². The third-order valence-electron chi connectivity index (χ3n) is 4.64. The first-order chi connectivity index (χ1) is 12.6. The van der Waals surface area contributed by atoms with Crippen molar-refractivity contribution in [2.24, 2.45) is 0 Å². The summed E-state index contributed by atoms with van der Waals surface area (Å²) in [6, 6.07) is 3.55. The van der Waals surface area contributed by atoms with Gasteiger partial charge in [-0.25, -0.2) is 0 Å². The summed E-state index contributed by atoms with van der Waals surface area (Å²) in [6.07, 6.45) is 2.47. The van der Waals surface area contributed by atoms with Crippen LogP contribution in [-0.4, -0.2) is 52.6 Å². The van der Waals surface area contributed by atoms with Gasteiger partial charge in [0, 0.05) is 31.9 Å². The molecule has 1 fully saturated rings. The zero-order valence-electron chi connectivity index (χ0n) is 15.1. The maximum Gasteiger partial charge on any atom is 0.272 e. The molecule has 8 heteroatoms. The van der Waals surface area contributed by atoms with Gasteiger partial charge in [-0.05, 0) is 41.3 Å². The molecule has 0 aromatic carbocycles. The zero-order chi connectivity index (χ0) is 18.5. The molecule has 1 aliphatic rings. The fraction of sp³-hybridized carbons (Fsp3) is 0.500. The lowest BCUT2D eigenvalue weighted by molar-refractivity contribution is -0.125. The Bertz CT molecular complexity index is 743. The minimum atomic E-state index is -0.236. The molecule has 7 nitrogen and oxygen atoms in total. The molecule has 2 aromatic heterocycles. The molecule has 3 N–H and O–H groups in total. The number of nitrogens with zero attached hydrogens (tertiary/aromatic N) is 2. The molecule has 0 radical (unpaired) electrons. The highest BCUT2D eigenvalue weighted by molar-refractivity contribution is 7.07. The monoisotopic (exact) mass is 375 g/mol. The normalized spacial score (nSPS) is 20.2. The van der Waals surface area contributed by atoms with E-state index in [4.69, 9.17) is 0 Å². The molecule has 0 saturated carbocycles. The molecular formula is C18H25N5O2S. The number of thiophene rings is 1. The van der Waals surface area contributed by atoms with Crippen molar-refractivity contribution < 1.29 is 9.59 Å². The van der Waals surface area contributed by atoms with Gasteiger partial charge in [-0.2, -0.15) is 16.4 Å². The number of likely N-dealkylation sites (N-methyl/N-ethyl adjacent to an activating group) is 1. The number of likely N-dealkylation sites (tertiary alicyclic amines) is 1. The molecule has 0 bridgehead atoms. The maximum atomic E-state index is 12.5. The molecule has 3 heterocycles. The molecule has 0 spiro atoms. The van der Waals surface area contributed by atoms with Crippen molar-refractivity contribution in [1.82, 2.24) is 25.7 Å². The van der Waals surface area contributed by atoms with E-state index in [2.05, 4.69) is 44.1 Å². The lowest BCUT2D eigenvalue weighted by atomic mass is 10.1. The first-order valence-corrected chi connectivity index (χ1v) is 9.86. The summed E-state index contributed by atoms with van der Waals surface area (Å²) < 4.78 is 0. The van der Waals surface area contributed by atoms with Crippen LogP contribution in [0, 0.1) is 0 Å². The zero-order valence-corrected chi connectivity index (χ0v) is 15.9. The predicted octanol–water partition coefficient (Wildman–Crippen LogP) is 1.54. The van der Waals surface area contributed by atoms with Crippen LogP contribution in [0.2, 0.25) is 0 Å². The second-order valence-corrected chi connectivity index (χ2v) is 7.41. The van der Waals surface area contributed by atoms with Crippen LogP contribution < -0.4 is 10.6 Å². The molecule has 2 atom stereocenters. The minimum Gasteiger partial charge on any atom is -0.358 e. The number of hydrogen-bond acceptors (Lipinski definition) is 5. The third-order valence-corrected chi connectivity index (χ3v) is 5.37. The summed E-state index contributed by atoms with van der Waals surface area (Å²) >= 11 is 1.64. The fourth-order valence-corrected chi connectivity index (χ4v) is 4.03. The van der Waals surface area contributed by atoms with Gasteiger partial charge >= 0.3 is 0 Å².